The molecule has 2 aliphatic rings. The molecule has 1 aliphatic carbocycles. The lowest BCUT2D eigenvalue weighted by molar-refractivity contribution is -0.163. The van der Waals surface area contributed by atoms with Crippen molar-refractivity contribution in [1.82, 2.24) is 0 Å². The van der Waals surface area contributed by atoms with E-state index in [4.69, 9.17) is 14.2 Å². The largest absolute Gasteiger partial charge is 0.469 e. The second kappa shape index (κ2) is 7.69. The van der Waals surface area contributed by atoms with Gasteiger partial charge in [0, 0.05) is 5.41 Å². The van der Waals surface area contributed by atoms with Crippen molar-refractivity contribution in [3.05, 3.63) is 71.8 Å². The van der Waals surface area contributed by atoms with E-state index in [2.05, 4.69) is 0 Å². The molecule has 0 spiro atoms. The summed E-state index contributed by atoms with van der Waals surface area (Å²) in [6.07, 6.45) is 0.209. The van der Waals surface area contributed by atoms with Crippen LogP contribution in [0, 0.1) is 16.7 Å². The lowest BCUT2D eigenvalue weighted by Crippen LogP contribution is -2.53. The number of cyclic esters (lactones) is 1. The average molecular weight is 420 g/mol. The lowest BCUT2D eigenvalue weighted by Gasteiger charge is -2.46. The van der Waals surface area contributed by atoms with Crippen LogP contribution in [0.15, 0.2) is 60.7 Å². The summed E-state index contributed by atoms with van der Waals surface area (Å²) in [5.41, 5.74) is -0.261. The third-order valence-corrected chi connectivity index (χ3v) is 6.51. The Morgan fingerprint density at radius 1 is 0.935 bits per heavy atom. The van der Waals surface area contributed by atoms with E-state index in [9.17, 15) is 14.4 Å². The highest BCUT2D eigenvalue weighted by molar-refractivity contribution is 6.21. The van der Waals surface area contributed by atoms with Crippen LogP contribution in [0.25, 0.3) is 11.1 Å². The molecule has 0 saturated carbocycles. The molecule has 0 bridgehead atoms. The van der Waals surface area contributed by atoms with Crippen LogP contribution in [0.2, 0.25) is 0 Å². The van der Waals surface area contributed by atoms with Gasteiger partial charge in [-0.05, 0) is 28.7 Å². The smallest absolute Gasteiger partial charge is 0.328 e. The third-order valence-electron chi connectivity index (χ3n) is 6.51. The molecule has 31 heavy (non-hydrogen) atoms. The summed E-state index contributed by atoms with van der Waals surface area (Å²) in [5, 5.41) is 0. The number of fused-ring (bicyclic) bond motifs is 1. The van der Waals surface area contributed by atoms with Crippen molar-refractivity contribution in [2.24, 2.45) is 16.7 Å². The summed E-state index contributed by atoms with van der Waals surface area (Å²) in [4.78, 5) is 39.8. The topological polar surface area (TPSA) is 78.9 Å². The summed E-state index contributed by atoms with van der Waals surface area (Å²) < 4.78 is 15.8. The van der Waals surface area contributed by atoms with Gasteiger partial charge >= 0.3 is 17.9 Å². The first-order valence-corrected chi connectivity index (χ1v) is 10.1. The van der Waals surface area contributed by atoms with Crippen molar-refractivity contribution in [2.45, 2.75) is 13.3 Å². The number of ether oxygens (including phenoxy) is 3. The molecule has 160 valence electrons. The van der Waals surface area contributed by atoms with Crippen LogP contribution in [0.1, 0.15) is 24.5 Å². The normalized spacial score (nSPS) is 27.3. The van der Waals surface area contributed by atoms with Gasteiger partial charge in [0.15, 0.2) is 5.41 Å². The highest BCUT2D eigenvalue weighted by Gasteiger charge is 2.71. The standard InChI is InChI=1S/C25H24O6/c1-24-14-18(21(26)29-2)19(16-10-6-4-7-11-16)20(17-12-8-5-9-13-17)25(24,22(27)30-3)23(28)31-15-24/h4-13,18H,14-15H2,1-3H3/t18-,24+,25+/m1/s1. The summed E-state index contributed by atoms with van der Waals surface area (Å²) in [7, 11) is 2.61. The maximum Gasteiger partial charge on any atom is 0.328 e. The van der Waals surface area contributed by atoms with E-state index in [-0.39, 0.29) is 13.0 Å². The molecule has 1 aliphatic heterocycles. The number of rotatable bonds is 4. The Morgan fingerprint density at radius 3 is 2.06 bits per heavy atom. The van der Waals surface area contributed by atoms with Crippen molar-refractivity contribution < 1.29 is 28.6 Å². The molecule has 0 aromatic heterocycles. The molecule has 0 N–H and O–H groups in total. The molecule has 6 nitrogen and oxygen atoms in total. The minimum atomic E-state index is -1.70. The maximum atomic E-state index is 13.4. The predicted octanol–water partition coefficient (Wildman–Crippen LogP) is 3.51. The first kappa shape index (κ1) is 20.8. The molecule has 0 unspecified atom stereocenters. The second-order valence-corrected chi connectivity index (χ2v) is 8.18. The Hall–Kier alpha value is -3.41. The number of methoxy groups -OCH3 is 2. The lowest BCUT2D eigenvalue weighted by atomic mass is 9.52. The molecule has 6 heteroatoms. The molecular weight excluding hydrogens is 396 g/mol. The predicted molar refractivity (Wildman–Crippen MR) is 113 cm³/mol. The highest BCUT2D eigenvalue weighted by atomic mass is 16.6. The van der Waals surface area contributed by atoms with Crippen molar-refractivity contribution >= 4 is 29.1 Å². The van der Waals surface area contributed by atoms with E-state index in [1.807, 2.05) is 60.7 Å². The fraction of sp³-hybridized carbons (Fsp3) is 0.320. The van der Waals surface area contributed by atoms with Gasteiger partial charge in [0.2, 0.25) is 0 Å². The van der Waals surface area contributed by atoms with Gasteiger partial charge in [-0.3, -0.25) is 14.4 Å². The number of benzene rings is 2. The minimum absolute atomic E-state index is 0.00678. The van der Waals surface area contributed by atoms with Crippen LogP contribution < -0.4 is 0 Å². The average Bonchev–Trinajstić information content (AvgIpc) is 3.09. The molecule has 1 fully saturated rings. The molecule has 0 amide bonds. The van der Waals surface area contributed by atoms with Crippen molar-refractivity contribution in [2.75, 3.05) is 20.8 Å². The number of esters is 3. The summed E-state index contributed by atoms with van der Waals surface area (Å²) in [6.45, 7) is 1.81. The van der Waals surface area contributed by atoms with Crippen molar-refractivity contribution in [3.63, 3.8) is 0 Å². The van der Waals surface area contributed by atoms with Crippen LogP contribution in [0.5, 0.6) is 0 Å². The number of hydrogen-bond donors (Lipinski definition) is 0. The van der Waals surface area contributed by atoms with Crippen LogP contribution >= 0.6 is 0 Å². The van der Waals surface area contributed by atoms with Crippen LogP contribution in [0.4, 0.5) is 0 Å². The molecule has 3 atom stereocenters. The van der Waals surface area contributed by atoms with Crippen molar-refractivity contribution in [3.8, 4) is 0 Å². The van der Waals surface area contributed by atoms with Gasteiger partial charge in [0.25, 0.3) is 0 Å². The van der Waals surface area contributed by atoms with Crippen LogP contribution in [0.3, 0.4) is 0 Å². The van der Waals surface area contributed by atoms with Gasteiger partial charge in [-0.1, -0.05) is 67.6 Å². The fourth-order valence-electron chi connectivity index (χ4n) is 5.10. The molecular formula is C25H24O6. The van der Waals surface area contributed by atoms with Crippen LogP contribution in [-0.2, 0) is 28.6 Å². The van der Waals surface area contributed by atoms with Gasteiger partial charge in [-0.15, -0.1) is 0 Å². The van der Waals surface area contributed by atoms with Gasteiger partial charge in [0.1, 0.15) is 0 Å². The fourth-order valence-corrected chi connectivity index (χ4v) is 5.10. The first-order valence-electron chi connectivity index (χ1n) is 10.1. The first-order chi connectivity index (χ1) is 14.9. The van der Waals surface area contributed by atoms with Gasteiger partial charge < -0.3 is 14.2 Å². The maximum absolute atomic E-state index is 13.4. The summed E-state index contributed by atoms with van der Waals surface area (Å²) in [5.74, 6) is -2.45. The van der Waals surface area contributed by atoms with Crippen LogP contribution in [-0.4, -0.2) is 38.7 Å². The van der Waals surface area contributed by atoms with E-state index >= 15 is 0 Å². The SMILES string of the molecule is COC(=O)[C@@H]1C[C@@]2(C)COC(=O)[C@@]2(C(=O)OC)C(c2ccccc2)=C1c1ccccc1. The van der Waals surface area contributed by atoms with E-state index < -0.39 is 34.7 Å². The molecule has 2 aromatic carbocycles. The van der Waals surface area contributed by atoms with E-state index in [1.54, 1.807) is 6.92 Å². The van der Waals surface area contributed by atoms with Gasteiger partial charge in [-0.25, -0.2) is 0 Å². The number of hydrogen-bond acceptors (Lipinski definition) is 6. The summed E-state index contributed by atoms with van der Waals surface area (Å²) >= 11 is 0. The highest BCUT2D eigenvalue weighted by Crippen LogP contribution is 2.64. The Kier molecular flexibility index (Phi) is 5.17. The third kappa shape index (κ3) is 2.89. The summed E-state index contributed by atoms with van der Waals surface area (Å²) in [6, 6.07) is 18.5. The van der Waals surface area contributed by atoms with Gasteiger partial charge in [-0.2, -0.15) is 0 Å². The molecule has 1 saturated heterocycles. The van der Waals surface area contributed by atoms with Gasteiger partial charge in [0.05, 0.1) is 26.7 Å². The Morgan fingerprint density at radius 2 is 1.52 bits per heavy atom. The van der Waals surface area contributed by atoms with E-state index in [0.717, 1.165) is 5.56 Å². The zero-order valence-corrected chi connectivity index (χ0v) is 17.7. The zero-order valence-electron chi connectivity index (χ0n) is 17.7. The molecule has 1 heterocycles. The van der Waals surface area contributed by atoms with E-state index in [1.165, 1.54) is 14.2 Å². The minimum Gasteiger partial charge on any atom is -0.469 e. The molecule has 0 radical (unpaired) electrons. The quantitative estimate of drug-likeness (QED) is 0.428. The number of carbonyl (C=O) groups excluding carboxylic acids is 3. The zero-order chi connectivity index (χ0) is 22.2. The van der Waals surface area contributed by atoms with E-state index in [0.29, 0.717) is 16.7 Å². The Balaban J connectivity index is 2.19. The van der Waals surface area contributed by atoms with Crippen molar-refractivity contribution in [1.29, 1.82) is 0 Å². The second-order valence-electron chi connectivity index (χ2n) is 8.18. The number of carbonyl (C=O) groups is 3. The Bertz CT molecular complexity index is 1060. The monoisotopic (exact) mass is 420 g/mol. The Labute approximate surface area is 180 Å². The molecule has 2 aromatic rings. The molecule has 4 rings (SSSR count).